The second kappa shape index (κ2) is 15.2. The molecule has 0 saturated carbocycles. The molecule has 0 bridgehead atoms. The van der Waals surface area contributed by atoms with Crippen molar-refractivity contribution in [3.8, 4) is 0 Å². The predicted molar refractivity (Wildman–Crippen MR) is 181 cm³/mol. The molecular weight excluding hydrogens is 704 g/mol. The van der Waals surface area contributed by atoms with Crippen LogP contribution in [0.5, 0.6) is 0 Å². The first-order valence-electron chi connectivity index (χ1n) is 14.5. The number of β-lactam (4-membered cyclic amide) rings is 1. The number of aromatic nitrogens is 3. The van der Waals surface area contributed by atoms with Gasteiger partial charge in [0.25, 0.3) is 0 Å². The van der Waals surface area contributed by atoms with E-state index in [9.17, 15) is 34.2 Å². The van der Waals surface area contributed by atoms with Crippen molar-refractivity contribution in [2.45, 2.75) is 50.6 Å². The molecule has 2 amide bonds. The van der Waals surface area contributed by atoms with Crippen molar-refractivity contribution >= 4 is 92.4 Å². The SMILES string of the molecule is CC(C)(O/N=C(\C(=O)C[C@@H]1C(=O)N2C(C(=O)O)=C(/C=C/C[n+]3cnc(N)c(NC(=O)CCCN)c3N)CSC12)c1nc(N)sc1Cl)C(=O)O. The van der Waals surface area contributed by atoms with Gasteiger partial charge in [-0.05, 0) is 32.4 Å². The summed E-state index contributed by atoms with van der Waals surface area (Å²) in [6.07, 6.45) is 4.74. The van der Waals surface area contributed by atoms with E-state index in [-0.39, 0.29) is 62.8 Å². The Morgan fingerprint density at radius 3 is 2.59 bits per heavy atom. The van der Waals surface area contributed by atoms with Crippen LogP contribution in [0.15, 0.2) is 34.9 Å². The fourth-order valence-electron chi connectivity index (χ4n) is 4.67. The second-order valence-electron chi connectivity index (χ2n) is 11.2. The third-order valence-corrected chi connectivity index (χ3v) is 9.78. The molecule has 2 aliphatic rings. The number of hydrogen-bond donors (Lipinski definition) is 7. The Balaban J connectivity index is 1.52. The third-order valence-electron chi connectivity index (χ3n) is 7.34. The number of nitrogen functional groups attached to an aromatic ring is 3. The van der Waals surface area contributed by atoms with Crippen LogP contribution in [0.25, 0.3) is 0 Å². The van der Waals surface area contributed by atoms with Crippen LogP contribution in [0.2, 0.25) is 4.34 Å². The van der Waals surface area contributed by atoms with Gasteiger partial charge in [0.05, 0.1) is 17.8 Å². The molecular formula is C28H34ClN10O8S2+. The summed E-state index contributed by atoms with van der Waals surface area (Å²) >= 11 is 8.32. The van der Waals surface area contributed by atoms with Crippen LogP contribution >= 0.6 is 34.7 Å². The topological polar surface area (TPSA) is 296 Å². The van der Waals surface area contributed by atoms with Crippen LogP contribution in [0, 0.1) is 5.92 Å². The summed E-state index contributed by atoms with van der Waals surface area (Å²) in [5.74, 6) is -4.99. The van der Waals surface area contributed by atoms with Gasteiger partial charge < -0.3 is 43.3 Å². The number of aliphatic carboxylic acids is 2. The van der Waals surface area contributed by atoms with Gasteiger partial charge in [-0.15, -0.1) is 11.8 Å². The number of nitrogens with zero attached hydrogens (tertiary/aromatic N) is 5. The number of rotatable bonds is 15. The lowest BCUT2D eigenvalue weighted by molar-refractivity contribution is -0.674. The Labute approximate surface area is 292 Å². The summed E-state index contributed by atoms with van der Waals surface area (Å²) in [4.78, 5) is 77.2. The van der Waals surface area contributed by atoms with Gasteiger partial charge in [-0.1, -0.05) is 45.2 Å². The number of oxime groups is 1. The number of carbonyl (C=O) groups excluding carboxylic acids is 3. The van der Waals surface area contributed by atoms with E-state index < -0.39 is 52.7 Å². The highest BCUT2D eigenvalue weighted by Gasteiger charge is 2.54. The summed E-state index contributed by atoms with van der Waals surface area (Å²) in [6.45, 7) is 2.90. The van der Waals surface area contributed by atoms with E-state index in [1.807, 2.05) is 0 Å². The van der Waals surface area contributed by atoms with Crippen molar-refractivity contribution in [1.29, 1.82) is 0 Å². The smallest absolute Gasteiger partial charge is 0.352 e. The summed E-state index contributed by atoms with van der Waals surface area (Å²) in [5.41, 5.74) is 21.2. The molecule has 0 aromatic carbocycles. The van der Waals surface area contributed by atoms with Crippen molar-refractivity contribution in [2.75, 3.05) is 34.8 Å². The summed E-state index contributed by atoms with van der Waals surface area (Å²) in [5, 5.41) is 25.2. The summed E-state index contributed by atoms with van der Waals surface area (Å²) in [7, 11) is 0. The Morgan fingerprint density at radius 1 is 1.27 bits per heavy atom. The molecule has 2 aromatic heterocycles. The molecule has 0 spiro atoms. The molecule has 2 atom stereocenters. The maximum atomic E-state index is 13.5. The number of amides is 2. The molecule has 262 valence electrons. The standard InChI is InChI=1S/C28H33ClN10O8S2/c1-28(2,26(45)46)47-37-16(17-20(29)49-27(33)36-17)14(40)9-13-23(42)39-19(25(43)44)12(10-48-24(13)39)5-4-8-38-11-34-21(31)18(22(38)32)35-15(41)6-3-7-30/h4-5,11,13,24H,3,6-10,30H2,1-2H3,(H8,31,32,33,35,36,37,40,41,43,44,45,46)/p+1/b5-4+/t13-,24?/m1/s1. The lowest BCUT2D eigenvalue weighted by Crippen LogP contribution is -2.62. The highest BCUT2D eigenvalue weighted by Crippen LogP contribution is 2.45. The lowest BCUT2D eigenvalue weighted by atomic mass is 9.89. The van der Waals surface area contributed by atoms with Crippen molar-refractivity contribution in [1.82, 2.24) is 14.9 Å². The van der Waals surface area contributed by atoms with E-state index >= 15 is 0 Å². The zero-order chi connectivity index (χ0) is 36.2. The molecule has 11 N–H and O–H groups in total. The third kappa shape index (κ3) is 8.10. The van der Waals surface area contributed by atoms with Crippen molar-refractivity contribution in [3.05, 3.63) is 39.8 Å². The average molecular weight is 738 g/mol. The van der Waals surface area contributed by atoms with Gasteiger partial charge in [0.2, 0.25) is 35.4 Å². The van der Waals surface area contributed by atoms with Gasteiger partial charge >= 0.3 is 11.9 Å². The molecule has 2 aliphatic heterocycles. The minimum Gasteiger partial charge on any atom is -0.478 e. The van der Waals surface area contributed by atoms with Crippen LogP contribution in [-0.2, 0) is 35.4 Å². The first-order chi connectivity index (χ1) is 23.1. The quantitative estimate of drug-likeness (QED) is 0.0569. The maximum absolute atomic E-state index is 13.5. The summed E-state index contributed by atoms with van der Waals surface area (Å²) in [6, 6.07) is 0. The first kappa shape index (κ1) is 37.0. The van der Waals surface area contributed by atoms with Gasteiger partial charge in [0, 0.05) is 18.6 Å². The number of fused-ring (bicyclic) bond motifs is 1. The van der Waals surface area contributed by atoms with E-state index in [0.717, 1.165) is 16.2 Å². The molecule has 2 aromatic rings. The number of anilines is 4. The zero-order valence-electron chi connectivity index (χ0n) is 26.2. The van der Waals surface area contributed by atoms with Crippen molar-refractivity contribution in [3.63, 3.8) is 0 Å². The number of Topliss-reactive ketones (excluding diaryl/α,β-unsaturated/α-hetero) is 1. The number of nitrogens with one attached hydrogen (secondary N) is 1. The molecule has 1 saturated heterocycles. The number of carbonyl (C=O) groups is 5. The van der Waals surface area contributed by atoms with Crippen LogP contribution in [-0.4, -0.2) is 83.6 Å². The number of thiazole rings is 1. The highest BCUT2D eigenvalue weighted by molar-refractivity contribution is 8.00. The number of allylic oxidation sites excluding steroid dienone is 2. The highest BCUT2D eigenvalue weighted by atomic mass is 35.5. The van der Waals surface area contributed by atoms with Crippen molar-refractivity contribution in [2.24, 2.45) is 16.8 Å². The van der Waals surface area contributed by atoms with Crippen LogP contribution in [0.3, 0.4) is 0 Å². The predicted octanol–water partition coefficient (Wildman–Crippen LogP) is 0.573. The molecule has 4 rings (SSSR count). The molecule has 21 heteroatoms. The van der Waals surface area contributed by atoms with Gasteiger partial charge in [-0.3, -0.25) is 19.3 Å². The Hall–Kier alpha value is -4.79. The monoisotopic (exact) mass is 737 g/mol. The number of nitrogens with two attached hydrogens (primary N) is 4. The first-order valence-corrected chi connectivity index (χ1v) is 16.8. The van der Waals surface area contributed by atoms with Crippen LogP contribution < -0.4 is 32.8 Å². The number of ketones is 1. The van der Waals surface area contributed by atoms with Gasteiger partial charge in [-0.2, -0.15) is 0 Å². The van der Waals surface area contributed by atoms with Gasteiger partial charge in [-0.25, -0.2) is 19.1 Å². The average Bonchev–Trinajstić information content (AvgIpc) is 3.38. The van der Waals surface area contributed by atoms with Crippen LogP contribution in [0.4, 0.5) is 22.5 Å². The fraction of sp³-hybridized carbons (Fsp3) is 0.393. The zero-order valence-corrected chi connectivity index (χ0v) is 28.6. The molecule has 0 radical (unpaired) electrons. The van der Waals surface area contributed by atoms with E-state index in [1.54, 1.807) is 12.2 Å². The number of halogens is 1. The van der Waals surface area contributed by atoms with E-state index in [0.29, 0.717) is 18.5 Å². The molecule has 1 unspecified atom stereocenters. The minimum absolute atomic E-state index is 0.000573. The number of hydrogen-bond acceptors (Lipinski definition) is 15. The molecule has 18 nitrogen and oxygen atoms in total. The Kier molecular flexibility index (Phi) is 11.5. The second-order valence-corrected chi connectivity index (χ2v) is 14.0. The Bertz CT molecular complexity index is 1790. The van der Waals surface area contributed by atoms with Gasteiger partial charge in [0.15, 0.2) is 22.3 Å². The van der Waals surface area contributed by atoms with Crippen LogP contribution in [0.1, 0.15) is 38.8 Å². The molecule has 49 heavy (non-hydrogen) atoms. The lowest BCUT2D eigenvalue weighted by Gasteiger charge is -2.49. The number of thioether (sulfide) groups is 1. The minimum atomic E-state index is -1.82. The molecule has 0 aliphatic carbocycles. The van der Waals surface area contributed by atoms with Gasteiger partial charge in [0.1, 0.15) is 15.7 Å². The number of carboxylic acid groups (broad SMARTS) is 2. The largest absolute Gasteiger partial charge is 0.478 e. The maximum Gasteiger partial charge on any atom is 0.352 e. The number of carboxylic acids is 2. The molecule has 4 heterocycles. The van der Waals surface area contributed by atoms with Crippen molar-refractivity contribution < 1.29 is 43.6 Å². The fourth-order valence-corrected chi connectivity index (χ4v) is 6.99. The van der Waals surface area contributed by atoms with E-state index in [1.165, 1.54) is 36.5 Å². The van der Waals surface area contributed by atoms with E-state index in [2.05, 4.69) is 20.4 Å². The Morgan fingerprint density at radius 2 is 1.98 bits per heavy atom. The normalized spacial score (nSPS) is 17.9. The molecule has 1 fully saturated rings. The van der Waals surface area contributed by atoms with E-state index in [4.69, 9.17) is 39.4 Å². The summed E-state index contributed by atoms with van der Waals surface area (Å²) < 4.78 is 1.49.